The first-order valence-corrected chi connectivity index (χ1v) is 8.76. The van der Waals surface area contributed by atoms with Gasteiger partial charge < -0.3 is 15.3 Å². The lowest BCUT2D eigenvalue weighted by Crippen LogP contribution is -2.46. The lowest BCUT2D eigenvalue weighted by molar-refractivity contribution is 0.0506. The van der Waals surface area contributed by atoms with Crippen molar-refractivity contribution in [2.24, 2.45) is 5.92 Å². The Morgan fingerprint density at radius 1 is 1.36 bits per heavy atom. The maximum Gasteiger partial charge on any atom is 0.321 e. The second-order valence-electron chi connectivity index (χ2n) is 6.86. The third kappa shape index (κ3) is 4.37. The van der Waals surface area contributed by atoms with E-state index in [1.165, 1.54) is 0 Å². The van der Waals surface area contributed by atoms with Crippen molar-refractivity contribution in [2.75, 3.05) is 18.4 Å². The molecule has 2 unspecified atom stereocenters. The summed E-state index contributed by atoms with van der Waals surface area (Å²) in [5.41, 5.74) is 3.98. The highest BCUT2D eigenvalue weighted by molar-refractivity contribution is 5.90. The number of hydrogen-bond donors (Lipinski definition) is 2. The molecule has 1 aromatic carbocycles. The van der Waals surface area contributed by atoms with E-state index in [1.807, 2.05) is 44.2 Å². The van der Waals surface area contributed by atoms with E-state index < -0.39 is 0 Å². The van der Waals surface area contributed by atoms with Gasteiger partial charge in [-0.05, 0) is 48.6 Å². The predicted molar refractivity (Wildman–Crippen MR) is 98.6 cm³/mol. The van der Waals surface area contributed by atoms with Crippen LogP contribution >= 0.6 is 0 Å². The van der Waals surface area contributed by atoms with Crippen LogP contribution in [-0.4, -0.2) is 40.2 Å². The molecule has 1 aliphatic rings. The van der Waals surface area contributed by atoms with Gasteiger partial charge in [-0.25, -0.2) is 4.79 Å². The highest BCUT2D eigenvalue weighted by Gasteiger charge is 2.27. The zero-order chi connectivity index (χ0) is 17.8. The summed E-state index contributed by atoms with van der Waals surface area (Å²) in [7, 11) is 0. The number of aryl methyl sites for hydroxylation is 1. The summed E-state index contributed by atoms with van der Waals surface area (Å²) in [4.78, 5) is 18.7. The van der Waals surface area contributed by atoms with Crippen molar-refractivity contribution in [1.29, 1.82) is 0 Å². The Labute approximate surface area is 148 Å². The second kappa shape index (κ2) is 7.66. The van der Waals surface area contributed by atoms with Gasteiger partial charge in [0.05, 0.1) is 6.10 Å². The van der Waals surface area contributed by atoms with Gasteiger partial charge in [0.1, 0.15) is 0 Å². The number of aromatic nitrogens is 1. The van der Waals surface area contributed by atoms with Crippen LogP contribution in [0.1, 0.15) is 30.2 Å². The lowest BCUT2D eigenvalue weighted by Gasteiger charge is -2.34. The van der Waals surface area contributed by atoms with Gasteiger partial charge in [-0.1, -0.05) is 25.1 Å². The molecule has 5 heteroatoms. The number of urea groups is 1. The van der Waals surface area contributed by atoms with Crippen LogP contribution in [0.4, 0.5) is 10.5 Å². The number of benzene rings is 1. The molecule has 132 valence electrons. The van der Waals surface area contributed by atoms with Crippen LogP contribution in [0.15, 0.2) is 42.6 Å². The highest BCUT2D eigenvalue weighted by Crippen LogP contribution is 2.21. The van der Waals surface area contributed by atoms with Gasteiger partial charge in [0.25, 0.3) is 0 Å². The number of nitrogens with zero attached hydrogens (tertiary/aromatic N) is 2. The van der Waals surface area contributed by atoms with E-state index in [1.54, 1.807) is 11.1 Å². The zero-order valence-electron chi connectivity index (χ0n) is 14.8. The first-order chi connectivity index (χ1) is 12.0. The van der Waals surface area contributed by atoms with Crippen LogP contribution in [0.25, 0.3) is 0 Å². The summed E-state index contributed by atoms with van der Waals surface area (Å²) in [6, 6.07) is 11.9. The molecule has 2 atom stereocenters. The molecular weight excluding hydrogens is 314 g/mol. The molecule has 1 aliphatic heterocycles. The summed E-state index contributed by atoms with van der Waals surface area (Å²) >= 11 is 0. The zero-order valence-corrected chi connectivity index (χ0v) is 14.8. The fraction of sp³-hybridized carbons (Fsp3) is 0.400. The smallest absolute Gasteiger partial charge is 0.321 e. The number of amides is 2. The fourth-order valence-corrected chi connectivity index (χ4v) is 3.14. The minimum atomic E-state index is -0.313. The van der Waals surface area contributed by atoms with E-state index in [4.69, 9.17) is 0 Å². The van der Waals surface area contributed by atoms with Gasteiger partial charge in [-0.15, -0.1) is 0 Å². The minimum absolute atomic E-state index is 0.100. The molecule has 1 fully saturated rings. The predicted octanol–water partition coefficient (Wildman–Crippen LogP) is 3.22. The van der Waals surface area contributed by atoms with Gasteiger partial charge in [0.15, 0.2) is 0 Å². The van der Waals surface area contributed by atoms with Gasteiger partial charge in [0.2, 0.25) is 0 Å². The monoisotopic (exact) mass is 339 g/mol. The minimum Gasteiger partial charge on any atom is -0.393 e. The molecule has 0 spiro atoms. The number of likely N-dealkylation sites (tertiary alicyclic amines) is 1. The number of pyridine rings is 1. The molecule has 2 aromatic rings. The van der Waals surface area contributed by atoms with Crippen molar-refractivity contribution in [2.45, 2.75) is 32.8 Å². The van der Waals surface area contributed by atoms with Crippen molar-refractivity contribution < 1.29 is 9.90 Å². The lowest BCUT2D eigenvalue weighted by atomic mass is 9.97. The quantitative estimate of drug-likeness (QED) is 0.902. The summed E-state index contributed by atoms with van der Waals surface area (Å²) in [5, 5.41) is 12.8. The number of aliphatic hydroxyl groups is 1. The van der Waals surface area contributed by atoms with E-state index in [-0.39, 0.29) is 18.1 Å². The molecule has 0 radical (unpaired) electrons. The van der Waals surface area contributed by atoms with Crippen LogP contribution < -0.4 is 5.32 Å². The maximum absolute atomic E-state index is 12.6. The summed E-state index contributed by atoms with van der Waals surface area (Å²) in [6.45, 7) is 5.13. The topological polar surface area (TPSA) is 65.5 Å². The molecule has 0 saturated carbocycles. The van der Waals surface area contributed by atoms with Crippen LogP contribution in [0.2, 0.25) is 0 Å². The molecule has 5 nitrogen and oxygen atoms in total. The molecule has 2 N–H and O–H groups in total. The van der Waals surface area contributed by atoms with E-state index in [2.05, 4.69) is 16.4 Å². The van der Waals surface area contributed by atoms with Gasteiger partial charge >= 0.3 is 6.03 Å². The average Bonchev–Trinajstić information content (AvgIpc) is 2.61. The Bertz CT molecular complexity index is 733. The Balaban J connectivity index is 1.69. The van der Waals surface area contributed by atoms with Crippen LogP contribution in [-0.2, 0) is 6.42 Å². The van der Waals surface area contributed by atoms with Crippen LogP contribution in [0.5, 0.6) is 0 Å². The van der Waals surface area contributed by atoms with Gasteiger partial charge in [-0.3, -0.25) is 4.98 Å². The molecule has 25 heavy (non-hydrogen) atoms. The van der Waals surface area contributed by atoms with Crippen LogP contribution in [0, 0.1) is 12.8 Å². The van der Waals surface area contributed by atoms with Gasteiger partial charge in [0, 0.05) is 37.1 Å². The molecule has 1 aromatic heterocycles. The van der Waals surface area contributed by atoms with Crippen molar-refractivity contribution in [1.82, 2.24) is 9.88 Å². The molecule has 3 rings (SSSR count). The third-order valence-electron chi connectivity index (χ3n) is 4.80. The van der Waals surface area contributed by atoms with Crippen molar-refractivity contribution in [3.05, 3.63) is 59.4 Å². The highest BCUT2D eigenvalue weighted by atomic mass is 16.3. The van der Waals surface area contributed by atoms with Crippen LogP contribution in [0.3, 0.4) is 0 Å². The first-order valence-electron chi connectivity index (χ1n) is 8.76. The molecule has 1 saturated heterocycles. The number of anilines is 1. The van der Waals surface area contributed by atoms with E-state index in [0.29, 0.717) is 19.5 Å². The van der Waals surface area contributed by atoms with E-state index in [0.717, 1.165) is 28.9 Å². The average molecular weight is 339 g/mol. The Morgan fingerprint density at radius 2 is 2.20 bits per heavy atom. The summed E-state index contributed by atoms with van der Waals surface area (Å²) in [6.07, 6.45) is 2.84. The Kier molecular flexibility index (Phi) is 5.34. The normalized spacial score (nSPS) is 20.4. The number of piperidine rings is 1. The SMILES string of the molecule is Cc1ccc(Cc2ccccn2)cc1NC(=O)N1CCC(O)C(C)C1. The number of carbonyl (C=O) groups excluding carboxylic acids is 1. The number of carbonyl (C=O) groups is 1. The number of nitrogens with one attached hydrogen (secondary N) is 1. The standard InChI is InChI=1S/C20H25N3O2/c1-14-6-7-16(11-17-5-3-4-9-21-17)12-18(14)22-20(25)23-10-8-19(24)15(2)13-23/h3-7,9,12,15,19,24H,8,10-11,13H2,1-2H3,(H,22,25). The molecule has 0 aliphatic carbocycles. The second-order valence-corrected chi connectivity index (χ2v) is 6.86. The Hall–Kier alpha value is -2.40. The maximum atomic E-state index is 12.6. The molecule has 2 amide bonds. The molecular formula is C20H25N3O2. The fourth-order valence-electron chi connectivity index (χ4n) is 3.14. The number of hydrogen-bond acceptors (Lipinski definition) is 3. The van der Waals surface area contributed by atoms with E-state index in [9.17, 15) is 9.90 Å². The van der Waals surface area contributed by atoms with Gasteiger partial charge in [-0.2, -0.15) is 0 Å². The Morgan fingerprint density at radius 3 is 2.92 bits per heavy atom. The first kappa shape index (κ1) is 17.4. The van der Waals surface area contributed by atoms with E-state index >= 15 is 0 Å². The van der Waals surface area contributed by atoms with Crippen molar-refractivity contribution in [3.8, 4) is 0 Å². The summed E-state index contributed by atoms with van der Waals surface area (Å²) in [5.74, 6) is 0.107. The van der Waals surface area contributed by atoms with Crippen molar-refractivity contribution >= 4 is 11.7 Å². The molecule has 0 bridgehead atoms. The summed E-state index contributed by atoms with van der Waals surface area (Å²) < 4.78 is 0. The third-order valence-corrected chi connectivity index (χ3v) is 4.80. The van der Waals surface area contributed by atoms with Crippen molar-refractivity contribution in [3.63, 3.8) is 0 Å². The number of rotatable bonds is 3. The largest absolute Gasteiger partial charge is 0.393 e. The number of aliphatic hydroxyl groups excluding tert-OH is 1. The molecule has 2 heterocycles.